The fraction of sp³-hybridized carbons (Fsp3) is 0.500. The van der Waals surface area contributed by atoms with E-state index in [1.54, 1.807) is 6.07 Å². The quantitative estimate of drug-likeness (QED) is 0.612. The van der Waals surface area contributed by atoms with Gasteiger partial charge in [0, 0.05) is 6.04 Å². The maximum atomic E-state index is 11.7. The lowest BCUT2D eigenvalue weighted by molar-refractivity contribution is -0.385. The molecule has 0 spiro atoms. The van der Waals surface area contributed by atoms with Crippen molar-refractivity contribution in [3.63, 3.8) is 0 Å². The predicted molar refractivity (Wildman–Crippen MR) is 75.5 cm³/mol. The van der Waals surface area contributed by atoms with E-state index >= 15 is 0 Å². The molecule has 0 heterocycles. The molecule has 1 atom stereocenters. The first-order valence-corrected chi connectivity index (χ1v) is 6.76. The van der Waals surface area contributed by atoms with Crippen LogP contribution >= 0.6 is 0 Å². The third kappa shape index (κ3) is 4.08. The summed E-state index contributed by atoms with van der Waals surface area (Å²) in [6, 6.07) is 4.36. The van der Waals surface area contributed by atoms with Gasteiger partial charge in [-0.25, -0.2) is 0 Å². The second kappa shape index (κ2) is 6.43. The van der Waals surface area contributed by atoms with E-state index in [9.17, 15) is 14.9 Å². The Bertz CT molecular complexity index is 542. The van der Waals surface area contributed by atoms with Crippen molar-refractivity contribution in [3.05, 3.63) is 28.3 Å². The van der Waals surface area contributed by atoms with E-state index in [0.29, 0.717) is 11.7 Å². The summed E-state index contributed by atoms with van der Waals surface area (Å²) in [7, 11) is 1.42. The lowest BCUT2D eigenvalue weighted by Crippen LogP contribution is -2.37. The molecule has 1 aliphatic rings. The second-order valence-electron chi connectivity index (χ2n) is 5.07. The van der Waals surface area contributed by atoms with Crippen LogP contribution in [0.1, 0.15) is 19.8 Å². The standard InChI is InChI=1S/C14H18N2O5/c1-9(10-3-4-10)15-14(17)8-21-13-6-5-11(20-2)7-12(13)16(18)19/h5-7,9-10H,3-4,8H2,1-2H3,(H,15,17)/t9-/m0/s1. The molecule has 0 saturated heterocycles. The highest BCUT2D eigenvalue weighted by Crippen LogP contribution is 2.32. The molecule has 1 fully saturated rings. The maximum Gasteiger partial charge on any atom is 0.314 e. The number of amides is 1. The van der Waals surface area contributed by atoms with Crippen LogP contribution < -0.4 is 14.8 Å². The monoisotopic (exact) mass is 294 g/mol. The lowest BCUT2D eigenvalue weighted by Gasteiger charge is -2.13. The zero-order chi connectivity index (χ0) is 15.4. The summed E-state index contributed by atoms with van der Waals surface area (Å²) < 4.78 is 10.2. The normalized spacial score (nSPS) is 15.1. The van der Waals surface area contributed by atoms with Crippen LogP contribution in [-0.4, -0.2) is 30.6 Å². The van der Waals surface area contributed by atoms with Gasteiger partial charge in [-0.15, -0.1) is 0 Å². The molecule has 7 nitrogen and oxygen atoms in total. The smallest absolute Gasteiger partial charge is 0.314 e. The molecule has 21 heavy (non-hydrogen) atoms. The van der Waals surface area contributed by atoms with E-state index in [1.165, 1.54) is 19.2 Å². The Hall–Kier alpha value is -2.31. The predicted octanol–water partition coefficient (Wildman–Crippen LogP) is 1.90. The molecule has 0 aliphatic heterocycles. The summed E-state index contributed by atoms with van der Waals surface area (Å²) in [6.07, 6.45) is 2.26. The van der Waals surface area contributed by atoms with Gasteiger partial charge in [0.05, 0.1) is 18.1 Å². The van der Waals surface area contributed by atoms with Crippen LogP contribution in [0, 0.1) is 16.0 Å². The molecule has 7 heteroatoms. The minimum atomic E-state index is -0.567. The molecular formula is C14H18N2O5. The van der Waals surface area contributed by atoms with Crippen LogP contribution in [0.25, 0.3) is 0 Å². The number of nitro benzene ring substituents is 1. The average Bonchev–Trinajstić information content (AvgIpc) is 3.29. The second-order valence-corrected chi connectivity index (χ2v) is 5.07. The third-order valence-corrected chi connectivity index (χ3v) is 3.44. The lowest BCUT2D eigenvalue weighted by atomic mass is 10.2. The van der Waals surface area contributed by atoms with Gasteiger partial charge in [-0.1, -0.05) is 0 Å². The summed E-state index contributed by atoms with van der Waals surface area (Å²) in [5.41, 5.74) is -0.225. The summed E-state index contributed by atoms with van der Waals surface area (Å²) >= 11 is 0. The van der Waals surface area contributed by atoms with Gasteiger partial charge in [0.25, 0.3) is 5.91 Å². The first kappa shape index (κ1) is 15.1. The highest BCUT2D eigenvalue weighted by molar-refractivity contribution is 5.78. The molecule has 1 aromatic carbocycles. The Morgan fingerprint density at radius 3 is 2.81 bits per heavy atom. The van der Waals surface area contributed by atoms with Crippen molar-refractivity contribution in [3.8, 4) is 11.5 Å². The topological polar surface area (TPSA) is 90.7 Å². The highest BCUT2D eigenvalue weighted by Gasteiger charge is 2.29. The van der Waals surface area contributed by atoms with E-state index in [2.05, 4.69) is 5.32 Å². The van der Waals surface area contributed by atoms with E-state index < -0.39 is 4.92 Å². The number of carbonyl (C=O) groups excluding carboxylic acids is 1. The molecule has 1 aromatic rings. The Morgan fingerprint density at radius 1 is 1.52 bits per heavy atom. The van der Waals surface area contributed by atoms with Gasteiger partial charge in [0.1, 0.15) is 5.75 Å². The Balaban J connectivity index is 1.95. The van der Waals surface area contributed by atoms with E-state index in [1.807, 2.05) is 6.92 Å². The van der Waals surface area contributed by atoms with E-state index in [4.69, 9.17) is 9.47 Å². The molecule has 0 aromatic heterocycles. The number of nitrogens with one attached hydrogen (secondary N) is 1. The van der Waals surface area contributed by atoms with Crippen molar-refractivity contribution in [2.75, 3.05) is 13.7 Å². The molecule has 114 valence electrons. The molecule has 1 saturated carbocycles. The molecule has 2 rings (SSSR count). The minimum absolute atomic E-state index is 0.0509. The molecular weight excluding hydrogens is 276 g/mol. The fourth-order valence-electron chi connectivity index (χ4n) is 2.04. The van der Waals surface area contributed by atoms with Gasteiger partial charge in [-0.3, -0.25) is 14.9 Å². The third-order valence-electron chi connectivity index (χ3n) is 3.44. The Kier molecular flexibility index (Phi) is 4.62. The summed E-state index contributed by atoms with van der Waals surface area (Å²) in [5, 5.41) is 13.8. The number of hydrogen-bond donors (Lipinski definition) is 1. The number of ether oxygens (including phenoxy) is 2. The van der Waals surface area contributed by atoms with Crippen molar-refractivity contribution in [2.45, 2.75) is 25.8 Å². The van der Waals surface area contributed by atoms with Gasteiger partial charge in [-0.2, -0.15) is 0 Å². The van der Waals surface area contributed by atoms with Gasteiger partial charge >= 0.3 is 5.69 Å². The number of nitrogens with zero attached hydrogens (tertiary/aromatic N) is 1. The van der Waals surface area contributed by atoms with Crippen LogP contribution in [0.2, 0.25) is 0 Å². The number of hydrogen-bond acceptors (Lipinski definition) is 5. The molecule has 0 unspecified atom stereocenters. The van der Waals surface area contributed by atoms with Crippen LogP contribution in [-0.2, 0) is 4.79 Å². The highest BCUT2D eigenvalue weighted by atomic mass is 16.6. The van der Waals surface area contributed by atoms with Crippen LogP contribution in [0.5, 0.6) is 11.5 Å². The molecule has 0 radical (unpaired) electrons. The number of benzene rings is 1. The van der Waals surface area contributed by atoms with Crippen LogP contribution in [0.3, 0.4) is 0 Å². The Morgan fingerprint density at radius 2 is 2.24 bits per heavy atom. The van der Waals surface area contributed by atoms with Crippen molar-refractivity contribution >= 4 is 11.6 Å². The molecule has 1 N–H and O–H groups in total. The zero-order valence-electron chi connectivity index (χ0n) is 12.0. The van der Waals surface area contributed by atoms with Gasteiger partial charge in [0.15, 0.2) is 12.4 Å². The summed E-state index contributed by atoms with van der Waals surface area (Å²) in [6.45, 7) is 1.70. The largest absolute Gasteiger partial charge is 0.496 e. The SMILES string of the molecule is COc1ccc(OCC(=O)N[C@@H](C)C2CC2)c([N+](=O)[O-])c1. The van der Waals surface area contributed by atoms with Gasteiger partial charge < -0.3 is 14.8 Å². The van der Waals surface area contributed by atoms with Crippen molar-refractivity contribution < 1.29 is 19.2 Å². The summed E-state index contributed by atoms with van der Waals surface area (Å²) in [5.74, 6) is 0.680. The van der Waals surface area contributed by atoms with Gasteiger partial charge in [-0.05, 0) is 37.8 Å². The number of nitro groups is 1. The number of methoxy groups -OCH3 is 1. The van der Waals surface area contributed by atoms with E-state index in [-0.39, 0.29) is 30.0 Å². The van der Waals surface area contributed by atoms with Crippen LogP contribution in [0.15, 0.2) is 18.2 Å². The zero-order valence-corrected chi connectivity index (χ0v) is 12.0. The van der Waals surface area contributed by atoms with E-state index in [0.717, 1.165) is 12.8 Å². The average molecular weight is 294 g/mol. The molecule has 1 aliphatic carbocycles. The number of rotatable bonds is 7. The Labute approximate surface area is 122 Å². The number of carbonyl (C=O) groups is 1. The van der Waals surface area contributed by atoms with Crippen molar-refractivity contribution in [1.82, 2.24) is 5.32 Å². The minimum Gasteiger partial charge on any atom is -0.496 e. The van der Waals surface area contributed by atoms with Crippen molar-refractivity contribution in [1.29, 1.82) is 0 Å². The molecule has 1 amide bonds. The molecule has 0 bridgehead atoms. The van der Waals surface area contributed by atoms with Crippen molar-refractivity contribution in [2.24, 2.45) is 5.92 Å². The van der Waals surface area contributed by atoms with Gasteiger partial charge in [0.2, 0.25) is 0 Å². The summed E-state index contributed by atoms with van der Waals surface area (Å²) in [4.78, 5) is 22.1. The fourth-order valence-corrected chi connectivity index (χ4v) is 2.04. The first-order valence-electron chi connectivity index (χ1n) is 6.76. The van der Waals surface area contributed by atoms with Crippen LogP contribution in [0.4, 0.5) is 5.69 Å². The maximum absolute atomic E-state index is 11.7. The first-order chi connectivity index (χ1) is 10.0.